The van der Waals surface area contributed by atoms with Crippen molar-refractivity contribution in [1.29, 1.82) is 0 Å². The molecule has 2 fully saturated rings. The summed E-state index contributed by atoms with van der Waals surface area (Å²) in [6.07, 6.45) is 9.47. The SMILES string of the molecule is O=C(C1CCCCC1)N1CCCC(Oc2ncc(F)cn2)C1. The van der Waals surface area contributed by atoms with Gasteiger partial charge in [0, 0.05) is 12.5 Å². The maximum absolute atomic E-state index is 12.8. The van der Waals surface area contributed by atoms with Gasteiger partial charge < -0.3 is 9.64 Å². The van der Waals surface area contributed by atoms with Gasteiger partial charge in [-0.2, -0.15) is 0 Å². The summed E-state index contributed by atoms with van der Waals surface area (Å²) in [7, 11) is 0. The van der Waals surface area contributed by atoms with Crippen molar-refractivity contribution in [3.8, 4) is 6.01 Å². The molecule has 0 spiro atoms. The van der Waals surface area contributed by atoms with Crippen molar-refractivity contribution in [2.75, 3.05) is 13.1 Å². The molecule has 1 aromatic heterocycles. The lowest BCUT2D eigenvalue weighted by atomic mass is 9.88. The molecule has 1 unspecified atom stereocenters. The second-order valence-corrected chi connectivity index (χ2v) is 6.19. The lowest BCUT2D eigenvalue weighted by Gasteiger charge is -2.35. The summed E-state index contributed by atoms with van der Waals surface area (Å²) in [4.78, 5) is 22.2. The average molecular weight is 307 g/mol. The van der Waals surface area contributed by atoms with Gasteiger partial charge in [0.2, 0.25) is 5.91 Å². The molecule has 120 valence electrons. The number of likely N-dealkylation sites (tertiary alicyclic amines) is 1. The summed E-state index contributed by atoms with van der Waals surface area (Å²) < 4.78 is 18.5. The summed E-state index contributed by atoms with van der Waals surface area (Å²) in [5.74, 6) is -0.0207. The molecule has 2 aliphatic rings. The summed E-state index contributed by atoms with van der Waals surface area (Å²) in [5.41, 5.74) is 0. The predicted octanol–water partition coefficient (Wildman–Crippen LogP) is 2.57. The van der Waals surface area contributed by atoms with E-state index in [0.717, 1.165) is 57.5 Å². The van der Waals surface area contributed by atoms with E-state index in [4.69, 9.17) is 4.74 Å². The molecule has 1 aromatic rings. The third-order valence-electron chi connectivity index (χ3n) is 4.51. The van der Waals surface area contributed by atoms with Crippen molar-refractivity contribution in [2.24, 2.45) is 5.92 Å². The Labute approximate surface area is 129 Å². The lowest BCUT2D eigenvalue weighted by Crippen LogP contribution is -2.47. The number of piperidine rings is 1. The van der Waals surface area contributed by atoms with Crippen molar-refractivity contribution >= 4 is 5.91 Å². The number of aromatic nitrogens is 2. The van der Waals surface area contributed by atoms with Crippen LogP contribution in [0.2, 0.25) is 0 Å². The highest BCUT2D eigenvalue weighted by molar-refractivity contribution is 5.79. The largest absolute Gasteiger partial charge is 0.458 e. The third kappa shape index (κ3) is 3.72. The molecule has 5 nitrogen and oxygen atoms in total. The van der Waals surface area contributed by atoms with Crippen LogP contribution in [0.5, 0.6) is 6.01 Å². The van der Waals surface area contributed by atoms with Gasteiger partial charge in [-0.05, 0) is 25.7 Å². The van der Waals surface area contributed by atoms with E-state index in [1.807, 2.05) is 4.90 Å². The van der Waals surface area contributed by atoms with Gasteiger partial charge in [-0.1, -0.05) is 19.3 Å². The van der Waals surface area contributed by atoms with Crippen LogP contribution in [-0.4, -0.2) is 40.0 Å². The number of halogens is 1. The second kappa shape index (κ2) is 7.03. The Kier molecular flexibility index (Phi) is 4.85. The van der Waals surface area contributed by atoms with Gasteiger partial charge in [-0.15, -0.1) is 0 Å². The first-order valence-electron chi connectivity index (χ1n) is 8.15. The fourth-order valence-corrected chi connectivity index (χ4v) is 3.35. The highest BCUT2D eigenvalue weighted by atomic mass is 19.1. The minimum absolute atomic E-state index is 0.105. The van der Waals surface area contributed by atoms with E-state index < -0.39 is 5.82 Å². The van der Waals surface area contributed by atoms with E-state index in [-0.39, 0.29) is 23.9 Å². The number of hydrogen-bond acceptors (Lipinski definition) is 4. The van der Waals surface area contributed by atoms with E-state index in [0.29, 0.717) is 6.54 Å². The molecule has 0 N–H and O–H groups in total. The fourth-order valence-electron chi connectivity index (χ4n) is 3.35. The first-order chi connectivity index (χ1) is 10.7. The van der Waals surface area contributed by atoms with Crippen LogP contribution < -0.4 is 4.74 Å². The van der Waals surface area contributed by atoms with Crippen LogP contribution in [0.3, 0.4) is 0 Å². The zero-order chi connectivity index (χ0) is 15.4. The number of rotatable bonds is 3. The molecular weight excluding hydrogens is 285 g/mol. The normalized spacial score (nSPS) is 23.3. The summed E-state index contributed by atoms with van der Waals surface area (Å²) in [6.45, 7) is 1.38. The smallest absolute Gasteiger partial charge is 0.316 e. The quantitative estimate of drug-likeness (QED) is 0.861. The molecule has 3 rings (SSSR count). The number of carbonyl (C=O) groups is 1. The van der Waals surface area contributed by atoms with E-state index in [9.17, 15) is 9.18 Å². The number of carbonyl (C=O) groups excluding carboxylic acids is 1. The van der Waals surface area contributed by atoms with Gasteiger partial charge in [0.1, 0.15) is 6.10 Å². The average Bonchev–Trinajstić information content (AvgIpc) is 2.57. The third-order valence-corrected chi connectivity index (χ3v) is 4.51. The van der Waals surface area contributed by atoms with E-state index >= 15 is 0 Å². The minimum atomic E-state index is -0.481. The van der Waals surface area contributed by atoms with Crippen molar-refractivity contribution in [1.82, 2.24) is 14.9 Å². The first-order valence-corrected chi connectivity index (χ1v) is 8.15. The molecule has 0 aromatic carbocycles. The highest BCUT2D eigenvalue weighted by Crippen LogP contribution is 2.27. The van der Waals surface area contributed by atoms with Crippen LogP contribution in [0, 0.1) is 11.7 Å². The molecule has 1 saturated heterocycles. The van der Waals surface area contributed by atoms with Gasteiger partial charge in [-0.3, -0.25) is 4.79 Å². The molecule has 1 atom stereocenters. The molecule has 0 bridgehead atoms. The summed E-state index contributed by atoms with van der Waals surface area (Å²) in [6, 6.07) is 0.179. The molecule has 0 radical (unpaired) electrons. The van der Waals surface area contributed by atoms with Crippen molar-refractivity contribution < 1.29 is 13.9 Å². The summed E-state index contributed by atoms with van der Waals surface area (Å²) in [5, 5.41) is 0. The fraction of sp³-hybridized carbons (Fsp3) is 0.688. The molecule has 1 aliphatic carbocycles. The maximum Gasteiger partial charge on any atom is 0.316 e. The Morgan fingerprint density at radius 3 is 2.59 bits per heavy atom. The topological polar surface area (TPSA) is 55.3 Å². The Morgan fingerprint density at radius 1 is 1.14 bits per heavy atom. The van der Waals surface area contributed by atoms with Crippen molar-refractivity contribution in [2.45, 2.75) is 51.0 Å². The summed E-state index contributed by atoms with van der Waals surface area (Å²) >= 11 is 0. The maximum atomic E-state index is 12.8. The molecule has 22 heavy (non-hydrogen) atoms. The first kappa shape index (κ1) is 15.2. The number of nitrogens with zero attached hydrogens (tertiary/aromatic N) is 3. The molecule has 1 amide bonds. The standard InChI is InChI=1S/C16H22FN3O2/c17-13-9-18-16(19-10-13)22-14-7-4-8-20(11-14)15(21)12-5-2-1-3-6-12/h9-10,12,14H,1-8,11H2. The van der Waals surface area contributed by atoms with E-state index in [2.05, 4.69) is 9.97 Å². The highest BCUT2D eigenvalue weighted by Gasteiger charge is 2.30. The zero-order valence-corrected chi connectivity index (χ0v) is 12.7. The van der Waals surface area contributed by atoms with E-state index in [1.165, 1.54) is 6.42 Å². The predicted molar refractivity (Wildman–Crippen MR) is 78.8 cm³/mol. The van der Waals surface area contributed by atoms with Crippen LogP contribution in [0.4, 0.5) is 4.39 Å². The van der Waals surface area contributed by atoms with Crippen molar-refractivity contribution in [3.05, 3.63) is 18.2 Å². The second-order valence-electron chi connectivity index (χ2n) is 6.19. The molecular formula is C16H22FN3O2. The van der Waals surface area contributed by atoms with Crippen molar-refractivity contribution in [3.63, 3.8) is 0 Å². The van der Waals surface area contributed by atoms with E-state index in [1.54, 1.807) is 0 Å². The van der Waals surface area contributed by atoms with Gasteiger partial charge in [0.15, 0.2) is 5.82 Å². The number of amides is 1. The van der Waals surface area contributed by atoms with Gasteiger partial charge >= 0.3 is 6.01 Å². The number of ether oxygens (including phenoxy) is 1. The van der Waals surface area contributed by atoms with Crippen LogP contribution in [-0.2, 0) is 4.79 Å². The minimum Gasteiger partial charge on any atom is -0.458 e. The number of hydrogen-bond donors (Lipinski definition) is 0. The van der Waals surface area contributed by atoms with Gasteiger partial charge in [0.25, 0.3) is 0 Å². The Balaban J connectivity index is 1.56. The Bertz CT molecular complexity index is 503. The monoisotopic (exact) mass is 307 g/mol. The Morgan fingerprint density at radius 2 is 1.86 bits per heavy atom. The molecule has 1 aliphatic heterocycles. The molecule has 6 heteroatoms. The Hall–Kier alpha value is -1.72. The van der Waals surface area contributed by atoms with Crippen LogP contribution in [0.15, 0.2) is 12.4 Å². The lowest BCUT2D eigenvalue weighted by molar-refractivity contribution is -0.139. The molecule has 2 heterocycles. The van der Waals surface area contributed by atoms with Crippen LogP contribution in [0.25, 0.3) is 0 Å². The van der Waals surface area contributed by atoms with Crippen LogP contribution >= 0.6 is 0 Å². The van der Waals surface area contributed by atoms with Crippen LogP contribution in [0.1, 0.15) is 44.9 Å². The van der Waals surface area contributed by atoms with Gasteiger partial charge in [-0.25, -0.2) is 14.4 Å². The zero-order valence-electron chi connectivity index (χ0n) is 12.7. The molecule has 1 saturated carbocycles. The van der Waals surface area contributed by atoms with Gasteiger partial charge in [0.05, 0.1) is 18.9 Å².